The van der Waals surface area contributed by atoms with Gasteiger partial charge in [-0.05, 0) is 55.0 Å². The van der Waals surface area contributed by atoms with Crippen LogP contribution in [0.4, 0.5) is 21.9 Å². The summed E-state index contributed by atoms with van der Waals surface area (Å²) in [4.78, 5) is 27.4. The van der Waals surface area contributed by atoms with Crippen molar-refractivity contribution in [3.63, 3.8) is 0 Å². The minimum atomic E-state index is -0.406. The van der Waals surface area contributed by atoms with E-state index in [1.165, 1.54) is 0 Å². The maximum absolute atomic E-state index is 13.1. The molecule has 3 amide bonds. The highest BCUT2D eigenvalue weighted by molar-refractivity contribution is 6.04. The van der Waals surface area contributed by atoms with Crippen LogP contribution in [0.2, 0.25) is 0 Å². The Labute approximate surface area is 188 Å². The minimum Gasteiger partial charge on any atom is -0.497 e. The number of ether oxygens (including phenoxy) is 1. The van der Waals surface area contributed by atoms with Gasteiger partial charge >= 0.3 is 6.03 Å². The first-order valence-electron chi connectivity index (χ1n) is 10.3. The fourth-order valence-electron chi connectivity index (χ4n) is 3.25. The molecule has 3 aromatic carbocycles. The fourth-order valence-corrected chi connectivity index (χ4v) is 3.25. The van der Waals surface area contributed by atoms with Crippen molar-refractivity contribution < 1.29 is 14.3 Å². The maximum Gasteiger partial charge on any atom is 0.323 e. The second-order valence-corrected chi connectivity index (χ2v) is 7.54. The van der Waals surface area contributed by atoms with Gasteiger partial charge < -0.3 is 25.6 Å². The number of rotatable bonds is 7. The summed E-state index contributed by atoms with van der Waals surface area (Å²) < 4.78 is 5.12. The van der Waals surface area contributed by atoms with Gasteiger partial charge in [-0.1, -0.05) is 30.3 Å². The number of carbonyl (C=O) groups excluding carboxylic acids is 2. The summed E-state index contributed by atoms with van der Waals surface area (Å²) in [6, 6.07) is 21.5. The molecule has 0 radical (unpaired) electrons. The van der Waals surface area contributed by atoms with Crippen LogP contribution in [0.25, 0.3) is 0 Å². The SMILES string of the molecule is COc1ccc(NC(=O)Nc2ccc(N(C)C)c(C(=O)NC(C)c3ccccc3)c2)cc1. The highest BCUT2D eigenvalue weighted by Gasteiger charge is 2.17. The summed E-state index contributed by atoms with van der Waals surface area (Å²) in [6.07, 6.45) is 0. The molecule has 3 aromatic rings. The molecule has 0 aliphatic heterocycles. The van der Waals surface area contributed by atoms with Crippen LogP contribution in [0.5, 0.6) is 5.75 Å². The van der Waals surface area contributed by atoms with Crippen molar-refractivity contribution in [2.24, 2.45) is 0 Å². The number of anilines is 3. The molecule has 32 heavy (non-hydrogen) atoms. The van der Waals surface area contributed by atoms with E-state index in [1.807, 2.05) is 62.3 Å². The third kappa shape index (κ3) is 5.78. The van der Waals surface area contributed by atoms with E-state index in [4.69, 9.17) is 4.74 Å². The van der Waals surface area contributed by atoms with Crippen molar-refractivity contribution in [1.29, 1.82) is 0 Å². The van der Waals surface area contributed by atoms with Crippen molar-refractivity contribution in [2.75, 3.05) is 36.7 Å². The second kappa shape index (κ2) is 10.3. The number of carbonyl (C=O) groups is 2. The number of hydrogen-bond acceptors (Lipinski definition) is 4. The second-order valence-electron chi connectivity index (χ2n) is 7.54. The molecule has 0 aliphatic rings. The highest BCUT2D eigenvalue weighted by atomic mass is 16.5. The van der Waals surface area contributed by atoms with Gasteiger partial charge in [0.15, 0.2) is 0 Å². The zero-order valence-electron chi connectivity index (χ0n) is 18.7. The van der Waals surface area contributed by atoms with Crippen LogP contribution in [0.1, 0.15) is 28.9 Å². The molecular weight excluding hydrogens is 404 g/mol. The molecule has 0 saturated heterocycles. The van der Waals surface area contributed by atoms with E-state index in [-0.39, 0.29) is 11.9 Å². The normalized spacial score (nSPS) is 11.2. The van der Waals surface area contributed by atoms with Crippen LogP contribution in [0.15, 0.2) is 72.8 Å². The van der Waals surface area contributed by atoms with Crippen molar-refractivity contribution >= 4 is 29.0 Å². The van der Waals surface area contributed by atoms with Gasteiger partial charge in [0.2, 0.25) is 0 Å². The van der Waals surface area contributed by atoms with E-state index in [9.17, 15) is 9.59 Å². The lowest BCUT2D eigenvalue weighted by Crippen LogP contribution is -2.28. The van der Waals surface area contributed by atoms with E-state index in [0.717, 1.165) is 11.3 Å². The Balaban J connectivity index is 1.74. The molecule has 0 bridgehead atoms. The molecule has 3 rings (SSSR count). The number of nitrogens with one attached hydrogen (secondary N) is 3. The van der Waals surface area contributed by atoms with E-state index in [0.29, 0.717) is 22.7 Å². The van der Waals surface area contributed by atoms with E-state index in [1.54, 1.807) is 43.5 Å². The van der Waals surface area contributed by atoms with Crippen molar-refractivity contribution in [3.8, 4) is 5.75 Å². The van der Waals surface area contributed by atoms with Gasteiger partial charge in [0, 0.05) is 31.2 Å². The number of nitrogens with zero attached hydrogens (tertiary/aromatic N) is 1. The zero-order valence-corrected chi connectivity index (χ0v) is 18.7. The van der Waals surface area contributed by atoms with Crippen molar-refractivity contribution in [1.82, 2.24) is 5.32 Å². The van der Waals surface area contributed by atoms with Crippen molar-refractivity contribution in [3.05, 3.63) is 83.9 Å². The summed E-state index contributed by atoms with van der Waals surface area (Å²) >= 11 is 0. The molecule has 0 saturated carbocycles. The Morgan fingerprint density at radius 2 is 1.50 bits per heavy atom. The molecule has 0 aromatic heterocycles. The molecule has 7 nitrogen and oxygen atoms in total. The number of hydrogen-bond donors (Lipinski definition) is 3. The van der Waals surface area contributed by atoms with Crippen LogP contribution in [0.3, 0.4) is 0 Å². The van der Waals surface area contributed by atoms with Crippen LogP contribution in [0, 0.1) is 0 Å². The van der Waals surface area contributed by atoms with E-state index >= 15 is 0 Å². The first-order chi connectivity index (χ1) is 15.4. The van der Waals surface area contributed by atoms with Gasteiger partial charge in [-0.15, -0.1) is 0 Å². The van der Waals surface area contributed by atoms with Gasteiger partial charge in [0.25, 0.3) is 5.91 Å². The van der Waals surface area contributed by atoms with E-state index in [2.05, 4.69) is 16.0 Å². The standard InChI is InChI=1S/C25H28N4O3/c1-17(18-8-6-5-7-9-18)26-24(30)22-16-20(12-15-23(22)29(2)3)28-25(31)27-19-10-13-21(32-4)14-11-19/h5-17H,1-4H3,(H,26,30)(H2,27,28,31). The fraction of sp³-hybridized carbons (Fsp3) is 0.200. The predicted octanol–water partition coefficient (Wildman–Crippen LogP) is 4.90. The highest BCUT2D eigenvalue weighted by Crippen LogP contribution is 2.24. The van der Waals surface area contributed by atoms with Gasteiger partial charge in [-0.3, -0.25) is 4.79 Å². The summed E-state index contributed by atoms with van der Waals surface area (Å²) in [5, 5.41) is 8.58. The Morgan fingerprint density at radius 3 is 2.12 bits per heavy atom. The average molecular weight is 433 g/mol. The van der Waals surface area contributed by atoms with Crippen LogP contribution >= 0.6 is 0 Å². The first kappa shape index (κ1) is 22.7. The Hall–Kier alpha value is -4.00. The van der Waals surface area contributed by atoms with Crippen LogP contribution in [-0.2, 0) is 0 Å². The molecule has 0 fully saturated rings. The summed E-state index contributed by atoms with van der Waals surface area (Å²) in [7, 11) is 5.33. The third-order valence-electron chi connectivity index (χ3n) is 4.98. The van der Waals surface area contributed by atoms with Crippen molar-refractivity contribution in [2.45, 2.75) is 13.0 Å². The zero-order chi connectivity index (χ0) is 23.1. The molecule has 1 unspecified atom stereocenters. The number of methoxy groups -OCH3 is 1. The molecule has 0 spiro atoms. The minimum absolute atomic E-state index is 0.159. The Morgan fingerprint density at radius 1 is 0.875 bits per heavy atom. The summed E-state index contributed by atoms with van der Waals surface area (Å²) in [5.74, 6) is 0.486. The third-order valence-corrected chi connectivity index (χ3v) is 4.98. The van der Waals surface area contributed by atoms with Gasteiger partial charge in [-0.25, -0.2) is 4.79 Å². The lowest BCUT2D eigenvalue weighted by molar-refractivity contribution is 0.0940. The summed E-state index contributed by atoms with van der Waals surface area (Å²) in [6.45, 7) is 1.94. The molecule has 7 heteroatoms. The van der Waals surface area contributed by atoms with E-state index < -0.39 is 6.03 Å². The quantitative estimate of drug-likeness (QED) is 0.496. The van der Waals surface area contributed by atoms with Crippen LogP contribution < -0.4 is 25.6 Å². The first-order valence-corrected chi connectivity index (χ1v) is 10.3. The summed E-state index contributed by atoms with van der Waals surface area (Å²) in [5.41, 5.74) is 3.38. The lowest BCUT2D eigenvalue weighted by Gasteiger charge is -2.20. The lowest BCUT2D eigenvalue weighted by atomic mass is 10.1. The van der Waals surface area contributed by atoms with Gasteiger partial charge in [0.05, 0.1) is 18.7 Å². The molecule has 0 heterocycles. The average Bonchev–Trinajstić information content (AvgIpc) is 2.79. The van der Waals surface area contributed by atoms with Gasteiger partial charge in [-0.2, -0.15) is 0 Å². The number of amides is 3. The molecule has 166 valence electrons. The van der Waals surface area contributed by atoms with Crippen LogP contribution in [-0.4, -0.2) is 33.1 Å². The molecule has 1 atom stereocenters. The molecule has 0 aliphatic carbocycles. The topological polar surface area (TPSA) is 82.7 Å². The Bertz CT molecular complexity index is 1070. The van der Waals surface area contributed by atoms with Gasteiger partial charge in [0.1, 0.15) is 5.75 Å². The maximum atomic E-state index is 13.1. The predicted molar refractivity (Wildman–Crippen MR) is 129 cm³/mol. The Kier molecular flexibility index (Phi) is 7.33. The monoisotopic (exact) mass is 432 g/mol. The molecular formula is C25H28N4O3. The number of urea groups is 1. The molecule has 3 N–H and O–H groups in total. The smallest absolute Gasteiger partial charge is 0.323 e. The number of benzene rings is 3. The largest absolute Gasteiger partial charge is 0.497 e.